The fraction of sp³-hybridized carbons (Fsp3) is 0.364. The summed E-state index contributed by atoms with van der Waals surface area (Å²) in [6.07, 6.45) is 1.18. The van der Waals surface area contributed by atoms with Crippen LogP contribution in [0.25, 0.3) is 0 Å². The fourth-order valence-corrected chi connectivity index (χ4v) is 3.17. The van der Waals surface area contributed by atoms with Gasteiger partial charge < -0.3 is 22.5 Å². The molecule has 7 heteroatoms. The predicted molar refractivity (Wildman–Crippen MR) is 116 cm³/mol. The largest absolute Gasteiger partial charge is 0.370 e. The van der Waals surface area contributed by atoms with Crippen LogP contribution in [0.1, 0.15) is 31.4 Å². The van der Waals surface area contributed by atoms with Crippen LogP contribution in [0, 0.1) is 24.6 Å². The quantitative estimate of drug-likeness (QED) is 0.402. The zero-order chi connectivity index (χ0) is 21.6. The van der Waals surface area contributed by atoms with Gasteiger partial charge in [0.05, 0.1) is 11.6 Å². The molecule has 0 heterocycles. The SMILES string of the molecule is Cc1ccc(F)cc1NC(=O)C(CCc1cccc(N=C(N)N)c1)C(N)C(C)C. The summed E-state index contributed by atoms with van der Waals surface area (Å²) >= 11 is 0. The number of halogens is 1. The smallest absolute Gasteiger partial charge is 0.229 e. The molecular formula is C22H30FN5O. The molecule has 0 saturated carbocycles. The summed E-state index contributed by atoms with van der Waals surface area (Å²) in [6, 6.07) is 11.5. The Morgan fingerprint density at radius 3 is 2.55 bits per heavy atom. The first kappa shape index (κ1) is 22.4. The summed E-state index contributed by atoms with van der Waals surface area (Å²) in [5.74, 6) is -0.920. The van der Waals surface area contributed by atoms with Crippen molar-refractivity contribution < 1.29 is 9.18 Å². The molecule has 0 radical (unpaired) electrons. The van der Waals surface area contributed by atoms with Gasteiger partial charge in [0.2, 0.25) is 5.91 Å². The first-order valence-electron chi connectivity index (χ1n) is 9.68. The van der Waals surface area contributed by atoms with E-state index in [1.807, 2.05) is 39.0 Å². The van der Waals surface area contributed by atoms with Crippen molar-refractivity contribution in [3.63, 3.8) is 0 Å². The van der Waals surface area contributed by atoms with Crippen molar-refractivity contribution in [2.45, 2.75) is 39.7 Å². The van der Waals surface area contributed by atoms with Gasteiger partial charge in [-0.05, 0) is 61.1 Å². The second-order valence-electron chi connectivity index (χ2n) is 7.62. The standard InChI is InChI=1S/C22H30FN5O/c1-13(2)20(24)18(21(29)28-19-12-16(23)9-7-14(19)3)10-8-15-5-4-6-17(11-15)27-22(25)26/h4-7,9,11-13,18,20H,8,10,24H2,1-3H3,(H,28,29)(H4,25,26,27). The molecule has 0 aliphatic heterocycles. The maximum atomic E-state index is 13.6. The van der Waals surface area contributed by atoms with E-state index in [1.54, 1.807) is 12.1 Å². The second-order valence-corrected chi connectivity index (χ2v) is 7.62. The first-order chi connectivity index (χ1) is 13.7. The van der Waals surface area contributed by atoms with Gasteiger partial charge in [-0.1, -0.05) is 32.0 Å². The lowest BCUT2D eigenvalue weighted by Gasteiger charge is -2.26. The molecule has 2 aromatic carbocycles. The summed E-state index contributed by atoms with van der Waals surface area (Å²) in [5.41, 5.74) is 20.1. The number of carbonyl (C=O) groups excluding carboxylic acids is 1. The number of aryl methyl sites for hydroxylation is 2. The van der Waals surface area contributed by atoms with E-state index in [0.29, 0.717) is 24.2 Å². The molecule has 7 N–H and O–H groups in total. The lowest BCUT2D eigenvalue weighted by Crippen LogP contribution is -2.42. The van der Waals surface area contributed by atoms with E-state index in [0.717, 1.165) is 11.1 Å². The topological polar surface area (TPSA) is 120 Å². The molecule has 2 rings (SSSR count). The zero-order valence-corrected chi connectivity index (χ0v) is 17.2. The number of benzene rings is 2. The summed E-state index contributed by atoms with van der Waals surface area (Å²) < 4.78 is 13.6. The molecule has 29 heavy (non-hydrogen) atoms. The second kappa shape index (κ2) is 10.0. The van der Waals surface area contributed by atoms with Crippen LogP contribution in [-0.4, -0.2) is 17.9 Å². The summed E-state index contributed by atoms with van der Waals surface area (Å²) in [4.78, 5) is 17.0. The third kappa shape index (κ3) is 6.57. The van der Waals surface area contributed by atoms with Crippen molar-refractivity contribution in [1.29, 1.82) is 0 Å². The zero-order valence-electron chi connectivity index (χ0n) is 17.2. The number of anilines is 1. The van der Waals surface area contributed by atoms with Crippen LogP contribution >= 0.6 is 0 Å². The molecule has 156 valence electrons. The molecule has 6 nitrogen and oxygen atoms in total. The molecule has 2 aromatic rings. The van der Waals surface area contributed by atoms with Gasteiger partial charge >= 0.3 is 0 Å². The van der Waals surface area contributed by atoms with Crippen molar-refractivity contribution in [3.05, 3.63) is 59.4 Å². The molecule has 1 amide bonds. The van der Waals surface area contributed by atoms with Gasteiger partial charge in [0, 0.05) is 11.7 Å². The molecule has 2 unspecified atom stereocenters. The van der Waals surface area contributed by atoms with Gasteiger partial charge in [0.15, 0.2) is 5.96 Å². The Balaban J connectivity index is 2.17. The van der Waals surface area contributed by atoms with Crippen LogP contribution in [0.2, 0.25) is 0 Å². The average Bonchev–Trinajstić information content (AvgIpc) is 2.64. The van der Waals surface area contributed by atoms with E-state index in [9.17, 15) is 9.18 Å². The van der Waals surface area contributed by atoms with Gasteiger partial charge in [-0.15, -0.1) is 0 Å². The highest BCUT2D eigenvalue weighted by Gasteiger charge is 2.28. The summed E-state index contributed by atoms with van der Waals surface area (Å²) in [7, 11) is 0. The minimum atomic E-state index is -0.426. The summed E-state index contributed by atoms with van der Waals surface area (Å²) in [6.45, 7) is 5.79. The predicted octanol–water partition coefficient (Wildman–Crippen LogP) is 3.21. The lowest BCUT2D eigenvalue weighted by molar-refractivity contribution is -0.121. The van der Waals surface area contributed by atoms with Crippen LogP contribution in [0.4, 0.5) is 15.8 Å². The van der Waals surface area contributed by atoms with Gasteiger partial charge in [-0.2, -0.15) is 0 Å². The maximum Gasteiger partial charge on any atom is 0.229 e. The number of hydrogen-bond acceptors (Lipinski definition) is 3. The molecule has 0 aliphatic rings. The lowest BCUT2D eigenvalue weighted by atomic mass is 9.86. The van der Waals surface area contributed by atoms with Crippen molar-refractivity contribution in [2.75, 3.05) is 5.32 Å². The van der Waals surface area contributed by atoms with E-state index in [2.05, 4.69) is 10.3 Å². The number of hydrogen-bond donors (Lipinski definition) is 4. The van der Waals surface area contributed by atoms with Crippen molar-refractivity contribution in [3.8, 4) is 0 Å². The van der Waals surface area contributed by atoms with Gasteiger partial charge in [-0.25, -0.2) is 9.38 Å². The number of guanidine groups is 1. The third-order valence-electron chi connectivity index (χ3n) is 4.94. The van der Waals surface area contributed by atoms with Gasteiger partial charge in [0.25, 0.3) is 0 Å². The fourth-order valence-electron chi connectivity index (χ4n) is 3.17. The van der Waals surface area contributed by atoms with E-state index in [1.165, 1.54) is 12.1 Å². The monoisotopic (exact) mass is 399 g/mol. The number of nitrogens with zero attached hydrogens (tertiary/aromatic N) is 1. The Morgan fingerprint density at radius 1 is 1.17 bits per heavy atom. The van der Waals surface area contributed by atoms with E-state index in [4.69, 9.17) is 17.2 Å². The van der Waals surface area contributed by atoms with Crippen LogP contribution in [0.5, 0.6) is 0 Å². The normalized spacial score (nSPS) is 13.0. The number of carbonyl (C=O) groups is 1. The highest BCUT2D eigenvalue weighted by molar-refractivity contribution is 5.93. The Kier molecular flexibility index (Phi) is 7.73. The molecule has 2 atom stereocenters. The molecule has 0 aliphatic carbocycles. The number of nitrogens with one attached hydrogen (secondary N) is 1. The molecule has 0 spiro atoms. The van der Waals surface area contributed by atoms with Crippen LogP contribution in [-0.2, 0) is 11.2 Å². The molecule has 0 fully saturated rings. The van der Waals surface area contributed by atoms with Crippen molar-refractivity contribution >= 4 is 23.2 Å². The highest BCUT2D eigenvalue weighted by atomic mass is 19.1. The van der Waals surface area contributed by atoms with E-state index >= 15 is 0 Å². The minimum Gasteiger partial charge on any atom is -0.370 e. The van der Waals surface area contributed by atoms with Crippen molar-refractivity contribution in [2.24, 2.45) is 34.0 Å². The Morgan fingerprint density at radius 2 is 1.90 bits per heavy atom. The Hall–Kier alpha value is -2.93. The molecule has 0 saturated heterocycles. The average molecular weight is 400 g/mol. The minimum absolute atomic E-state index is 0.00769. The Bertz CT molecular complexity index is 877. The van der Waals surface area contributed by atoms with Crippen molar-refractivity contribution in [1.82, 2.24) is 0 Å². The number of rotatable bonds is 8. The maximum absolute atomic E-state index is 13.6. The van der Waals surface area contributed by atoms with E-state index in [-0.39, 0.29) is 23.8 Å². The van der Waals surface area contributed by atoms with Gasteiger partial charge in [-0.3, -0.25) is 4.79 Å². The van der Waals surface area contributed by atoms with Crippen LogP contribution in [0.15, 0.2) is 47.5 Å². The van der Waals surface area contributed by atoms with Crippen LogP contribution < -0.4 is 22.5 Å². The Labute approximate surface area is 171 Å². The number of nitrogens with two attached hydrogens (primary N) is 3. The summed E-state index contributed by atoms with van der Waals surface area (Å²) in [5, 5.41) is 2.85. The molecule has 0 aromatic heterocycles. The number of amides is 1. The van der Waals surface area contributed by atoms with E-state index < -0.39 is 11.7 Å². The van der Waals surface area contributed by atoms with Crippen LogP contribution in [0.3, 0.4) is 0 Å². The molecular weight excluding hydrogens is 369 g/mol. The number of aliphatic imine (C=N–C) groups is 1. The third-order valence-corrected chi connectivity index (χ3v) is 4.94. The highest BCUT2D eigenvalue weighted by Crippen LogP contribution is 2.23. The first-order valence-corrected chi connectivity index (χ1v) is 9.68. The molecule has 0 bridgehead atoms. The van der Waals surface area contributed by atoms with Gasteiger partial charge in [0.1, 0.15) is 5.82 Å².